The van der Waals surface area contributed by atoms with Gasteiger partial charge in [-0.25, -0.2) is 9.79 Å². The molecule has 0 aliphatic carbocycles. The molecule has 7 heteroatoms. The van der Waals surface area contributed by atoms with Crippen LogP contribution < -0.4 is 10.2 Å². The number of anilines is 1. The summed E-state index contributed by atoms with van der Waals surface area (Å²) in [7, 11) is 5.27. The fourth-order valence-corrected chi connectivity index (χ4v) is 3.30. The second-order valence-corrected chi connectivity index (χ2v) is 7.01. The van der Waals surface area contributed by atoms with Crippen molar-refractivity contribution in [3.05, 3.63) is 64.6 Å². The van der Waals surface area contributed by atoms with Crippen LogP contribution in [0.4, 0.5) is 11.4 Å². The minimum atomic E-state index is -0.471. The quantitative estimate of drug-likeness (QED) is 0.649. The van der Waals surface area contributed by atoms with Crippen LogP contribution in [0.15, 0.2) is 58.4 Å². The number of aliphatic imine (C=N–C) groups is 1. The predicted molar refractivity (Wildman–Crippen MR) is 109 cm³/mol. The molecule has 1 N–H and O–H groups in total. The number of para-hydroxylation sites is 1. The number of methoxy groups -OCH3 is 1. The van der Waals surface area contributed by atoms with Crippen molar-refractivity contribution >= 4 is 46.3 Å². The number of amides is 1. The van der Waals surface area contributed by atoms with Crippen molar-refractivity contribution in [2.45, 2.75) is 0 Å². The zero-order valence-corrected chi connectivity index (χ0v) is 16.0. The molecule has 1 amide bonds. The van der Waals surface area contributed by atoms with Gasteiger partial charge in [0.15, 0.2) is 5.17 Å². The van der Waals surface area contributed by atoms with Crippen LogP contribution in [0.5, 0.6) is 0 Å². The topological polar surface area (TPSA) is 71.0 Å². The van der Waals surface area contributed by atoms with Gasteiger partial charge in [-0.2, -0.15) is 0 Å². The van der Waals surface area contributed by atoms with Crippen molar-refractivity contribution in [1.29, 1.82) is 0 Å². The molecule has 3 rings (SSSR count). The van der Waals surface area contributed by atoms with Gasteiger partial charge < -0.3 is 15.0 Å². The van der Waals surface area contributed by atoms with Gasteiger partial charge in [0.2, 0.25) is 0 Å². The van der Waals surface area contributed by atoms with Gasteiger partial charge in [-0.05, 0) is 47.7 Å². The third-order valence-corrected chi connectivity index (χ3v) is 4.80. The molecule has 0 radical (unpaired) electrons. The van der Waals surface area contributed by atoms with E-state index in [0.29, 0.717) is 21.3 Å². The summed E-state index contributed by atoms with van der Waals surface area (Å²) in [5.74, 6) is -0.688. The zero-order valence-electron chi connectivity index (χ0n) is 15.2. The van der Waals surface area contributed by atoms with E-state index in [1.165, 1.54) is 18.9 Å². The van der Waals surface area contributed by atoms with Crippen molar-refractivity contribution in [1.82, 2.24) is 5.32 Å². The highest BCUT2D eigenvalue weighted by atomic mass is 32.2. The van der Waals surface area contributed by atoms with Crippen molar-refractivity contribution < 1.29 is 14.3 Å². The molecule has 0 unspecified atom stereocenters. The number of hydrogen-bond acceptors (Lipinski definition) is 6. The summed E-state index contributed by atoms with van der Waals surface area (Å²) >= 11 is 1.23. The molecule has 1 heterocycles. The lowest BCUT2D eigenvalue weighted by Crippen LogP contribution is -2.19. The summed E-state index contributed by atoms with van der Waals surface area (Å²) in [6.45, 7) is 0. The van der Waals surface area contributed by atoms with Crippen LogP contribution >= 0.6 is 11.8 Å². The highest BCUT2D eigenvalue weighted by Crippen LogP contribution is 2.29. The van der Waals surface area contributed by atoms with Crippen LogP contribution in [-0.4, -0.2) is 38.2 Å². The van der Waals surface area contributed by atoms with Gasteiger partial charge in [0.1, 0.15) is 0 Å². The number of nitrogens with one attached hydrogen (secondary N) is 1. The number of hydrogen-bond donors (Lipinski definition) is 1. The number of carbonyl (C=O) groups excluding carboxylic acids is 2. The van der Waals surface area contributed by atoms with Gasteiger partial charge in [-0.1, -0.05) is 24.3 Å². The van der Waals surface area contributed by atoms with E-state index in [9.17, 15) is 9.59 Å². The van der Waals surface area contributed by atoms with E-state index < -0.39 is 5.97 Å². The van der Waals surface area contributed by atoms with Gasteiger partial charge >= 0.3 is 5.97 Å². The SMILES string of the molecule is COC(=O)c1ccccc1N=C1NC(=O)/C(=C/c2ccc(N(C)C)cc2)S1. The maximum Gasteiger partial charge on any atom is 0.340 e. The van der Waals surface area contributed by atoms with Crippen molar-refractivity contribution in [2.75, 3.05) is 26.1 Å². The number of nitrogens with zero attached hydrogens (tertiary/aromatic N) is 2. The fraction of sp³-hybridized carbons (Fsp3) is 0.150. The largest absolute Gasteiger partial charge is 0.465 e. The van der Waals surface area contributed by atoms with Crippen LogP contribution in [0.3, 0.4) is 0 Å². The standard InChI is InChI=1S/C20H19N3O3S/c1-23(2)14-10-8-13(9-11-14)12-17-18(24)22-20(27-17)21-16-7-5-4-6-15(16)19(25)26-3/h4-12H,1-3H3,(H,21,22,24)/b17-12-. The second kappa shape index (κ2) is 8.09. The van der Waals surface area contributed by atoms with E-state index in [4.69, 9.17) is 4.74 Å². The number of rotatable bonds is 4. The van der Waals surface area contributed by atoms with Gasteiger partial charge in [0, 0.05) is 19.8 Å². The van der Waals surface area contributed by atoms with E-state index >= 15 is 0 Å². The van der Waals surface area contributed by atoms with Crippen molar-refractivity contribution in [3.8, 4) is 0 Å². The first kappa shape index (κ1) is 18.7. The van der Waals surface area contributed by atoms with E-state index in [-0.39, 0.29) is 5.91 Å². The molecule has 0 atom stereocenters. The summed E-state index contributed by atoms with van der Waals surface area (Å²) in [4.78, 5) is 31.1. The molecule has 0 bridgehead atoms. The molecule has 0 saturated carbocycles. The summed E-state index contributed by atoms with van der Waals surface area (Å²) in [5, 5.41) is 3.16. The minimum absolute atomic E-state index is 0.217. The fourth-order valence-electron chi connectivity index (χ4n) is 2.46. The zero-order chi connectivity index (χ0) is 19.4. The molecular formula is C20H19N3O3S. The van der Waals surface area contributed by atoms with Crippen molar-refractivity contribution in [3.63, 3.8) is 0 Å². The molecule has 2 aromatic rings. The van der Waals surface area contributed by atoms with Crippen LogP contribution in [0.2, 0.25) is 0 Å². The number of esters is 1. The lowest BCUT2D eigenvalue weighted by molar-refractivity contribution is -0.115. The maximum absolute atomic E-state index is 12.2. The molecule has 27 heavy (non-hydrogen) atoms. The Morgan fingerprint density at radius 2 is 1.85 bits per heavy atom. The molecule has 1 saturated heterocycles. The Bertz CT molecular complexity index is 934. The Hall–Kier alpha value is -3.06. The third kappa shape index (κ3) is 4.38. The predicted octanol–water partition coefficient (Wildman–Crippen LogP) is 3.43. The normalized spacial score (nSPS) is 16.5. The van der Waals surface area contributed by atoms with E-state index in [2.05, 4.69) is 10.3 Å². The number of thioether (sulfide) groups is 1. The van der Waals surface area contributed by atoms with Gasteiger partial charge in [-0.3, -0.25) is 4.79 Å². The highest BCUT2D eigenvalue weighted by Gasteiger charge is 2.24. The average Bonchev–Trinajstić information content (AvgIpc) is 3.01. The summed E-state index contributed by atoms with van der Waals surface area (Å²) < 4.78 is 4.77. The first-order valence-electron chi connectivity index (χ1n) is 8.22. The molecule has 1 fully saturated rings. The van der Waals surface area contributed by atoms with Crippen LogP contribution in [0.25, 0.3) is 6.08 Å². The summed E-state index contributed by atoms with van der Waals surface area (Å²) in [6.07, 6.45) is 1.81. The van der Waals surface area contributed by atoms with Gasteiger partial charge in [0.05, 0.1) is 23.3 Å². The molecule has 1 aliphatic heterocycles. The van der Waals surface area contributed by atoms with E-state index in [1.54, 1.807) is 24.3 Å². The maximum atomic E-state index is 12.2. The minimum Gasteiger partial charge on any atom is -0.465 e. The monoisotopic (exact) mass is 381 g/mol. The lowest BCUT2D eigenvalue weighted by atomic mass is 10.2. The Balaban J connectivity index is 1.83. The Morgan fingerprint density at radius 1 is 1.15 bits per heavy atom. The lowest BCUT2D eigenvalue weighted by Gasteiger charge is -2.11. The molecule has 1 aliphatic rings. The van der Waals surface area contributed by atoms with Crippen molar-refractivity contribution in [2.24, 2.45) is 4.99 Å². The van der Waals surface area contributed by atoms with Gasteiger partial charge in [0.25, 0.3) is 5.91 Å². The van der Waals surface area contributed by atoms with E-state index in [0.717, 1.165) is 11.3 Å². The smallest absolute Gasteiger partial charge is 0.340 e. The average molecular weight is 381 g/mol. The molecule has 138 valence electrons. The molecule has 0 aromatic heterocycles. The van der Waals surface area contributed by atoms with Crippen LogP contribution in [-0.2, 0) is 9.53 Å². The van der Waals surface area contributed by atoms with Crippen LogP contribution in [0, 0.1) is 0 Å². The summed E-state index contributed by atoms with van der Waals surface area (Å²) in [5.41, 5.74) is 2.81. The first-order valence-corrected chi connectivity index (χ1v) is 9.04. The Morgan fingerprint density at radius 3 is 2.52 bits per heavy atom. The van der Waals surface area contributed by atoms with E-state index in [1.807, 2.05) is 49.3 Å². The second-order valence-electron chi connectivity index (χ2n) is 5.98. The summed E-state index contributed by atoms with van der Waals surface area (Å²) in [6, 6.07) is 14.7. The Kier molecular flexibility index (Phi) is 5.61. The number of benzene rings is 2. The number of ether oxygens (including phenoxy) is 1. The molecule has 2 aromatic carbocycles. The molecule has 0 spiro atoms. The molecule has 6 nitrogen and oxygen atoms in total. The molecular weight excluding hydrogens is 362 g/mol. The number of carbonyl (C=O) groups is 2. The Labute approximate surface area is 161 Å². The first-order chi connectivity index (χ1) is 13.0. The number of amidine groups is 1. The highest BCUT2D eigenvalue weighted by molar-refractivity contribution is 8.18. The van der Waals surface area contributed by atoms with Gasteiger partial charge in [-0.15, -0.1) is 0 Å². The third-order valence-electron chi connectivity index (χ3n) is 3.89. The van der Waals surface area contributed by atoms with Crippen LogP contribution in [0.1, 0.15) is 15.9 Å².